The molecule has 1 aromatic carbocycles. The van der Waals surface area contributed by atoms with Gasteiger partial charge in [0.2, 0.25) is 0 Å². The van der Waals surface area contributed by atoms with E-state index < -0.39 is 9.84 Å². The van der Waals surface area contributed by atoms with Gasteiger partial charge in [0, 0.05) is 36.7 Å². The van der Waals surface area contributed by atoms with Gasteiger partial charge < -0.3 is 10.3 Å². The van der Waals surface area contributed by atoms with E-state index in [9.17, 15) is 12.8 Å². The molecule has 28 heavy (non-hydrogen) atoms. The zero-order chi connectivity index (χ0) is 20.5. The molecule has 0 atom stereocenters. The molecule has 0 saturated carbocycles. The van der Waals surface area contributed by atoms with Crippen LogP contribution in [-0.4, -0.2) is 30.8 Å². The van der Waals surface area contributed by atoms with Crippen molar-refractivity contribution >= 4 is 20.9 Å². The van der Waals surface area contributed by atoms with Crippen molar-refractivity contribution in [1.82, 2.24) is 9.55 Å². The number of halogens is 1. The van der Waals surface area contributed by atoms with Crippen LogP contribution in [0.3, 0.4) is 0 Å². The van der Waals surface area contributed by atoms with Gasteiger partial charge in [0.15, 0.2) is 9.84 Å². The van der Waals surface area contributed by atoms with Crippen LogP contribution in [0.1, 0.15) is 22.4 Å². The number of nitrogens with two attached hydrogens (primary N) is 1. The first-order chi connectivity index (χ1) is 13.2. The number of aryl methyl sites for hydroxylation is 1. The van der Waals surface area contributed by atoms with Gasteiger partial charge in [-0.05, 0) is 55.3 Å². The summed E-state index contributed by atoms with van der Waals surface area (Å²) >= 11 is 0. The molecule has 0 radical (unpaired) electrons. The maximum atomic E-state index is 14.1. The van der Waals surface area contributed by atoms with E-state index in [2.05, 4.69) is 4.98 Å². The molecule has 0 aliphatic carbocycles. The molecule has 0 unspecified atom stereocenters. The zero-order valence-electron chi connectivity index (χ0n) is 16.2. The Kier molecular flexibility index (Phi) is 5.67. The Balaban J connectivity index is 2.07. The first-order valence-electron chi connectivity index (χ1n) is 8.99. The molecule has 0 fully saturated rings. The summed E-state index contributed by atoms with van der Waals surface area (Å²) in [4.78, 5) is 4.82. The minimum atomic E-state index is -3.25. The average Bonchev–Trinajstić information content (AvgIpc) is 2.88. The molecule has 5 nitrogen and oxygen atoms in total. The zero-order valence-corrected chi connectivity index (χ0v) is 17.1. The van der Waals surface area contributed by atoms with Gasteiger partial charge in [-0.2, -0.15) is 0 Å². The van der Waals surface area contributed by atoms with Crippen LogP contribution in [0.2, 0.25) is 0 Å². The Morgan fingerprint density at radius 1 is 1.29 bits per heavy atom. The van der Waals surface area contributed by atoms with Gasteiger partial charge in [-0.1, -0.05) is 6.07 Å². The number of benzene rings is 1. The molecule has 3 aromatic rings. The van der Waals surface area contributed by atoms with Crippen molar-refractivity contribution < 1.29 is 12.8 Å². The molecule has 148 valence electrons. The van der Waals surface area contributed by atoms with E-state index in [0.29, 0.717) is 11.3 Å². The first-order valence-corrected chi connectivity index (χ1v) is 10.9. The van der Waals surface area contributed by atoms with Gasteiger partial charge >= 0.3 is 0 Å². The van der Waals surface area contributed by atoms with Gasteiger partial charge in [-0.15, -0.1) is 0 Å². The quantitative estimate of drug-likeness (QED) is 0.686. The maximum Gasteiger partial charge on any atom is 0.175 e. The molecule has 0 spiro atoms. The van der Waals surface area contributed by atoms with Crippen molar-refractivity contribution in [3.05, 3.63) is 70.8 Å². The fourth-order valence-electron chi connectivity index (χ4n) is 3.41. The molecule has 0 aliphatic heterocycles. The predicted octanol–water partition coefficient (Wildman–Crippen LogP) is 3.46. The lowest BCUT2D eigenvalue weighted by Gasteiger charge is -2.10. The lowest BCUT2D eigenvalue weighted by molar-refractivity contribution is 0.554. The largest absolute Gasteiger partial charge is 0.336 e. The van der Waals surface area contributed by atoms with Gasteiger partial charge in [0.05, 0.1) is 22.5 Å². The molecule has 0 bridgehead atoms. The highest BCUT2D eigenvalue weighted by atomic mass is 32.2. The smallest absolute Gasteiger partial charge is 0.175 e. The van der Waals surface area contributed by atoms with Crippen LogP contribution in [0.25, 0.3) is 11.0 Å². The van der Waals surface area contributed by atoms with E-state index in [-0.39, 0.29) is 18.9 Å². The number of pyridine rings is 1. The van der Waals surface area contributed by atoms with E-state index in [1.165, 1.54) is 12.3 Å². The van der Waals surface area contributed by atoms with Crippen LogP contribution < -0.4 is 5.73 Å². The minimum absolute atomic E-state index is 0.108. The van der Waals surface area contributed by atoms with Crippen molar-refractivity contribution in [3.8, 4) is 0 Å². The highest BCUT2D eigenvalue weighted by Crippen LogP contribution is 2.29. The van der Waals surface area contributed by atoms with Crippen LogP contribution in [0, 0.1) is 13.8 Å². The van der Waals surface area contributed by atoms with Crippen molar-refractivity contribution in [2.75, 3.05) is 12.8 Å². The number of hydrogen-bond acceptors (Lipinski definition) is 4. The van der Waals surface area contributed by atoms with Crippen molar-refractivity contribution in [2.45, 2.75) is 31.7 Å². The van der Waals surface area contributed by atoms with Gasteiger partial charge in [-0.3, -0.25) is 4.98 Å². The second-order valence-corrected chi connectivity index (χ2v) is 8.96. The average molecular weight is 402 g/mol. The summed E-state index contributed by atoms with van der Waals surface area (Å²) in [6, 6.07) is 8.92. The van der Waals surface area contributed by atoms with Crippen LogP contribution >= 0.6 is 0 Å². The Hall–Kier alpha value is -2.51. The van der Waals surface area contributed by atoms with E-state index in [1.807, 2.05) is 36.6 Å². The highest BCUT2D eigenvalue weighted by Gasteiger charge is 2.17. The SMILES string of the molecule is Cc1cc(S(C)(=O)=O)ccc1Cc1c(C)n(C/C(F)=C/CN)c2cccnc12. The Labute approximate surface area is 164 Å². The molecule has 2 heterocycles. The topological polar surface area (TPSA) is 78.0 Å². The molecule has 7 heteroatoms. The summed E-state index contributed by atoms with van der Waals surface area (Å²) in [6.45, 7) is 4.11. The number of aromatic nitrogens is 2. The number of fused-ring (bicyclic) bond motifs is 1. The summed E-state index contributed by atoms with van der Waals surface area (Å²) in [6.07, 6.45) is 4.88. The minimum Gasteiger partial charge on any atom is -0.336 e. The highest BCUT2D eigenvalue weighted by molar-refractivity contribution is 7.90. The summed E-state index contributed by atoms with van der Waals surface area (Å²) in [5, 5.41) is 0. The molecule has 0 amide bonds. The predicted molar refractivity (Wildman–Crippen MR) is 110 cm³/mol. The molecular weight excluding hydrogens is 377 g/mol. The van der Waals surface area contributed by atoms with Gasteiger partial charge in [0.25, 0.3) is 0 Å². The van der Waals surface area contributed by atoms with E-state index in [4.69, 9.17) is 5.73 Å². The van der Waals surface area contributed by atoms with Crippen molar-refractivity contribution in [1.29, 1.82) is 0 Å². The first kappa shape index (κ1) is 20.2. The standard InChI is InChI=1S/C21H24FN3O2S/c1-14-11-18(28(3,26)27)7-6-16(14)12-19-15(2)25(13-17(22)8-9-23)20-5-4-10-24-21(19)20/h4-8,10-11H,9,12-13,23H2,1-3H3/b17-8-. The van der Waals surface area contributed by atoms with Crippen molar-refractivity contribution in [3.63, 3.8) is 0 Å². The second kappa shape index (κ2) is 7.85. The molecule has 2 N–H and O–H groups in total. The third-order valence-corrected chi connectivity index (χ3v) is 6.07. The third-order valence-electron chi connectivity index (χ3n) is 4.96. The number of hydrogen-bond donors (Lipinski definition) is 1. The normalized spacial score (nSPS) is 12.7. The van der Waals surface area contributed by atoms with Crippen LogP contribution in [0.5, 0.6) is 0 Å². The Morgan fingerprint density at radius 2 is 2.04 bits per heavy atom. The third kappa shape index (κ3) is 4.00. The van der Waals surface area contributed by atoms with Crippen LogP contribution in [-0.2, 0) is 22.8 Å². The summed E-state index contributed by atoms with van der Waals surface area (Å²) < 4.78 is 39.6. The summed E-state index contributed by atoms with van der Waals surface area (Å²) in [5.41, 5.74) is 11.0. The molecule has 3 rings (SSSR count). The van der Waals surface area contributed by atoms with E-state index in [1.54, 1.807) is 18.3 Å². The number of rotatable bonds is 6. The fourth-order valence-corrected chi connectivity index (χ4v) is 4.11. The van der Waals surface area contributed by atoms with Gasteiger partial charge in [-0.25, -0.2) is 12.8 Å². The number of allylic oxidation sites excluding steroid dienone is 1. The second-order valence-electron chi connectivity index (χ2n) is 6.95. The van der Waals surface area contributed by atoms with Crippen molar-refractivity contribution in [2.24, 2.45) is 5.73 Å². The van der Waals surface area contributed by atoms with Crippen LogP contribution in [0.4, 0.5) is 4.39 Å². The Morgan fingerprint density at radius 3 is 2.68 bits per heavy atom. The number of sulfone groups is 1. The lowest BCUT2D eigenvalue weighted by atomic mass is 10.00. The maximum absolute atomic E-state index is 14.1. The molecular formula is C21H24FN3O2S. The summed E-state index contributed by atoms with van der Waals surface area (Å²) in [5.74, 6) is -0.286. The van der Waals surface area contributed by atoms with Crippen LogP contribution in [0.15, 0.2) is 53.3 Å². The molecule has 0 saturated heterocycles. The monoisotopic (exact) mass is 401 g/mol. The Bertz CT molecular complexity index is 1160. The molecule has 2 aromatic heterocycles. The van der Waals surface area contributed by atoms with E-state index in [0.717, 1.165) is 33.4 Å². The fraction of sp³-hybridized carbons (Fsp3) is 0.286. The number of nitrogens with zero attached hydrogens (tertiary/aromatic N) is 2. The van der Waals surface area contributed by atoms with E-state index >= 15 is 0 Å². The van der Waals surface area contributed by atoms with Gasteiger partial charge in [0.1, 0.15) is 5.83 Å². The molecule has 0 aliphatic rings. The lowest BCUT2D eigenvalue weighted by Crippen LogP contribution is -2.04. The summed E-state index contributed by atoms with van der Waals surface area (Å²) in [7, 11) is -3.25.